The van der Waals surface area contributed by atoms with E-state index in [0.717, 1.165) is 11.8 Å². The molecule has 22 heavy (non-hydrogen) atoms. The van der Waals surface area contributed by atoms with E-state index in [1.807, 2.05) is 13.8 Å². The van der Waals surface area contributed by atoms with Crippen LogP contribution in [0.2, 0.25) is 0 Å². The van der Waals surface area contributed by atoms with Crippen LogP contribution in [-0.4, -0.2) is 28.3 Å². The van der Waals surface area contributed by atoms with Crippen LogP contribution in [0.5, 0.6) is 0 Å². The smallest absolute Gasteiger partial charge is 0.339 e. The van der Waals surface area contributed by atoms with Crippen molar-refractivity contribution in [3.8, 4) is 0 Å². The van der Waals surface area contributed by atoms with Gasteiger partial charge >= 0.3 is 5.97 Å². The number of rotatable bonds is 5. The lowest BCUT2D eigenvalue weighted by Gasteiger charge is -2.16. The monoisotopic (exact) mass is 298 g/mol. The maximum absolute atomic E-state index is 11.4. The molecule has 0 saturated carbocycles. The van der Waals surface area contributed by atoms with Crippen molar-refractivity contribution >= 4 is 34.3 Å². The van der Waals surface area contributed by atoms with E-state index in [1.54, 1.807) is 18.2 Å². The van der Waals surface area contributed by atoms with Crippen molar-refractivity contribution in [2.75, 3.05) is 5.32 Å². The second-order valence-electron chi connectivity index (χ2n) is 5.15. The lowest BCUT2D eigenvalue weighted by Crippen LogP contribution is -2.14. The average Bonchev–Trinajstić information content (AvgIpc) is 2.48. The number of benzene rings is 1. The van der Waals surface area contributed by atoms with Crippen LogP contribution in [-0.2, 0) is 0 Å². The zero-order valence-corrected chi connectivity index (χ0v) is 12.4. The molecule has 5 N–H and O–H groups in total. The minimum absolute atomic E-state index is 0.0691. The Morgan fingerprint density at radius 1 is 1.45 bits per heavy atom. The number of allylic oxidation sites excluding steroid dienone is 1. The first-order chi connectivity index (χ1) is 10.5. The molecule has 0 aliphatic rings. The fourth-order valence-electron chi connectivity index (χ4n) is 2.21. The van der Waals surface area contributed by atoms with Gasteiger partial charge in [0.1, 0.15) is 5.56 Å². The standard InChI is InChI=1S/C16H18N4O2/c1-9(2)20-15-12-5-10(11(6-17)7-18)3-4-14(12)19-8-13(15)16(21)22/h3-9,17H,18H2,1-2H3,(H,19,20)(H,21,22)/b11-7+,17-6?. The summed E-state index contributed by atoms with van der Waals surface area (Å²) in [5.41, 5.74) is 8.13. The number of fused-ring (bicyclic) bond motifs is 1. The molecule has 0 aliphatic carbocycles. The first-order valence-electron chi connectivity index (χ1n) is 6.83. The van der Waals surface area contributed by atoms with Gasteiger partial charge in [-0.25, -0.2) is 4.79 Å². The SMILES string of the molecule is CC(C)Nc1c(C(=O)O)cnc2ccc(/C(C=N)=C/N)cc12. The number of nitrogens with two attached hydrogens (primary N) is 1. The van der Waals surface area contributed by atoms with Gasteiger partial charge in [-0.1, -0.05) is 6.07 Å². The highest BCUT2D eigenvalue weighted by molar-refractivity contribution is 6.11. The molecular weight excluding hydrogens is 280 g/mol. The molecule has 1 aromatic heterocycles. The van der Waals surface area contributed by atoms with Crippen LogP contribution < -0.4 is 11.1 Å². The van der Waals surface area contributed by atoms with Crippen LogP contribution in [0, 0.1) is 5.41 Å². The van der Waals surface area contributed by atoms with E-state index in [4.69, 9.17) is 11.1 Å². The summed E-state index contributed by atoms with van der Waals surface area (Å²) in [4.78, 5) is 15.6. The molecule has 0 unspecified atom stereocenters. The number of hydrogen-bond acceptors (Lipinski definition) is 5. The number of carboxylic acids is 1. The molecule has 0 radical (unpaired) electrons. The largest absolute Gasteiger partial charge is 0.478 e. The van der Waals surface area contributed by atoms with E-state index in [2.05, 4.69) is 10.3 Å². The summed E-state index contributed by atoms with van der Waals surface area (Å²) in [6, 6.07) is 5.45. The number of carbonyl (C=O) groups is 1. The molecule has 0 fully saturated rings. The van der Waals surface area contributed by atoms with Crippen LogP contribution in [0.1, 0.15) is 29.8 Å². The molecule has 1 heterocycles. The van der Waals surface area contributed by atoms with Crippen molar-refractivity contribution < 1.29 is 9.90 Å². The summed E-state index contributed by atoms with van der Waals surface area (Å²) in [5.74, 6) is -1.04. The van der Waals surface area contributed by atoms with Crippen LogP contribution in [0.15, 0.2) is 30.6 Å². The highest BCUT2D eigenvalue weighted by atomic mass is 16.4. The Bertz CT molecular complexity index is 766. The van der Waals surface area contributed by atoms with Crippen LogP contribution in [0.3, 0.4) is 0 Å². The summed E-state index contributed by atoms with van der Waals surface area (Å²) in [7, 11) is 0. The van der Waals surface area contributed by atoms with Crippen LogP contribution in [0.4, 0.5) is 5.69 Å². The Morgan fingerprint density at radius 2 is 2.18 bits per heavy atom. The second-order valence-corrected chi connectivity index (χ2v) is 5.15. The van der Waals surface area contributed by atoms with Crippen molar-refractivity contribution in [1.29, 1.82) is 5.41 Å². The highest BCUT2D eigenvalue weighted by Crippen LogP contribution is 2.29. The van der Waals surface area contributed by atoms with E-state index in [0.29, 0.717) is 22.2 Å². The van der Waals surface area contributed by atoms with Crippen molar-refractivity contribution in [2.45, 2.75) is 19.9 Å². The maximum Gasteiger partial charge on any atom is 0.339 e. The fraction of sp³-hybridized carbons (Fsp3) is 0.188. The molecule has 0 spiro atoms. The molecule has 6 nitrogen and oxygen atoms in total. The topological polar surface area (TPSA) is 112 Å². The molecule has 6 heteroatoms. The predicted octanol–water partition coefficient (Wildman–Crippen LogP) is 2.70. The number of anilines is 1. The summed E-state index contributed by atoms with van der Waals surface area (Å²) in [5, 5.41) is 20.6. The molecular formula is C16H18N4O2. The third-order valence-corrected chi connectivity index (χ3v) is 3.20. The second kappa shape index (κ2) is 6.26. The van der Waals surface area contributed by atoms with Crippen molar-refractivity contribution in [2.24, 2.45) is 5.73 Å². The Balaban J connectivity index is 2.76. The molecule has 1 aromatic carbocycles. The summed E-state index contributed by atoms with van der Waals surface area (Å²) >= 11 is 0. The Morgan fingerprint density at radius 3 is 2.73 bits per heavy atom. The van der Waals surface area contributed by atoms with Gasteiger partial charge in [0.2, 0.25) is 0 Å². The van der Waals surface area contributed by atoms with E-state index < -0.39 is 5.97 Å². The minimum Gasteiger partial charge on any atom is -0.478 e. The number of aromatic carboxylic acids is 1. The average molecular weight is 298 g/mol. The number of nitrogens with one attached hydrogen (secondary N) is 2. The molecule has 0 aliphatic heterocycles. The van der Waals surface area contributed by atoms with E-state index in [-0.39, 0.29) is 11.6 Å². The van der Waals surface area contributed by atoms with Gasteiger partial charge in [0.25, 0.3) is 0 Å². The van der Waals surface area contributed by atoms with E-state index >= 15 is 0 Å². The van der Waals surface area contributed by atoms with E-state index in [1.165, 1.54) is 12.4 Å². The molecule has 0 amide bonds. The minimum atomic E-state index is -1.04. The maximum atomic E-state index is 11.4. The van der Waals surface area contributed by atoms with Crippen molar-refractivity contribution in [3.05, 3.63) is 41.7 Å². The molecule has 0 bridgehead atoms. The lowest BCUT2D eigenvalue weighted by atomic mass is 10.0. The molecule has 114 valence electrons. The number of nitrogens with zero attached hydrogens (tertiary/aromatic N) is 1. The number of hydrogen-bond donors (Lipinski definition) is 4. The number of aromatic nitrogens is 1. The van der Waals surface area contributed by atoms with Gasteiger partial charge in [0.05, 0.1) is 11.2 Å². The Kier molecular flexibility index (Phi) is 4.41. The first kappa shape index (κ1) is 15.5. The lowest BCUT2D eigenvalue weighted by molar-refractivity contribution is 0.0697. The first-order valence-corrected chi connectivity index (χ1v) is 6.83. The van der Waals surface area contributed by atoms with Gasteiger partial charge in [0, 0.05) is 35.6 Å². The third kappa shape index (κ3) is 2.90. The summed E-state index contributed by atoms with van der Waals surface area (Å²) < 4.78 is 0. The third-order valence-electron chi connectivity index (χ3n) is 3.20. The van der Waals surface area contributed by atoms with Gasteiger partial charge in [-0.15, -0.1) is 0 Å². The molecule has 0 saturated heterocycles. The molecule has 2 rings (SSSR count). The van der Waals surface area contributed by atoms with Crippen LogP contribution >= 0.6 is 0 Å². The van der Waals surface area contributed by atoms with Gasteiger partial charge in [-0.3, -0.25) is 4.98 Å². The summed E-state index contributed by atoms with van der Waals surface area (Å²) in [6.07, 6.45) is 3.86. The van der Waals surface area contributed by atoms with Gasteiger partial charge < -0.3 is 21.6 Å². The highest BCUT2D eigenvalue weighted by Gasteiger charge is 2.16. The Labute approximate surface area is 128 Å². The van der Waals surface area contributed by atoms with Gasteiger partial charge in [0.15, 0.2) is 0 Å². The quantitative estimate of drug-likeness (QED) is 0.634. The number of carboxylic acid groups (broad SMARTS) is 1. The van der Waals surface area contributed by atoms with Gasteiger partial charge in [-0.05, 0) is 31.5 Å². The van der Waals surface area contributed by atoms with Crippen LogP contribution in [0.25, 0.3) is 16.5 Å². The van der Waals surface area contributed by atoms with Crippen molar-refractivity contribution in [3.63, 3.8) is 0 Å². The zero-order chi connectivity index (χ0) is 16.3. The zero-order valence-electron chi connectivity index (χ0n) is 12.4. The normalized spacial score (nSPS) is 11.7. The predicted molar refractivity (Wildman–Crippen MR) is 88.4 cm³/mol. The summed E-state index contributed by atoms with van der Waals surface area (Å²) in [6.45, 7) is 3.87. The molecule has 2 aromatic rings. The fourth-order valence-corrected chi connectivity index (χ4v) is 2.21. The van der Waals surface area contributed by atoms with Crippen molar-refractivity contribution in [1.82, 2.24) is 4.98 Å². The van der Waals surface area contributed by atoms with E-state index in [9.17, 15) is 9.90 Å². The number of pyridine rings is 1. The Hall–Kier alpha value is -2.89. The van der Waals surface area contributed by atoms with Gasteiger partial charge in [-0.2, -0.15) is 0 Å². The molecule has 0 atom stereocenters.